The van der Waals surface area contributed by atoms with Crippen molar-refractivity contribution in [2.24, 2.45) is 5.92 Å². The second-order valence-electron chi connectivity index (χ2n) is 6.52. The number of thioether (sulfide) groups is 1. The number of nitrogens with one attached hydrogen (secondary N) is 2. The Kier molecular flexibility index (Phi) is 7.55. The maximum Gasteiger partial charge on any atom is 0.319 e. The minimum atomic E-state index is -1.22. The van der Waals surface area contributed by atoms with Crippen LogP contribution >= 0.6 is 27.7 Å². The number of benzene rings is 1. The second kappa shape index (κ2) is 10.3. The molecule has 0 spiro atoms. The van der Waals surface area contributed by atoms with Crippen molar-refractivity contribution < 1.29 is 23.5 Å². The van der Waals surface area contributed by atoms with E-state index in [0.29, 0.717) is 11.3 Å². The number of nitrogens with zero attached hydrogens (tertiary/aromatic N) is 1. The second-order valence-corrected chi connectivity index (χ2v) is 8.42. The minimum absolute atomic E-state index is 0.0321. The number of methoxy groups -OCH3 is 1. The maximum atomic E-state index is 12.8. The fraction of sp³-hybridized carbons (Fsp3) is 0.238. The molecule has 8 nitrogen and oxygen atoms in total. The van der Waals surface area contributed by atoms with Crippen LogP contribution in [0.25, 0.3) is 0 Å². The zero-order valence-electron chi connectivity index (χ0n) is 16.4. The molecule has 0 unspecified atom stereocenters. The third-order valence-corrected chi connectivity index (χ3v) is 6.09. The zero-order chi connectivity index (χ0) is 22.4. The van der Waals surface area contributed by atoms with Gasteiger partial charge in [-0.2, -0.15) is 5.26 Å². The van der Waals surface area contributed by atoms with Crippen LogP contribution in [0.3, 0.4) is 0 Å². The summed E-state index contributed by atoms with van der Waals surface area (Å²) in [5, 5.41) is 15.4. The maximum absolute atomic E-state index is 12.8. The van der Waals surface area contributed by atoms with Crippen LogP contribution < -0.4 is 10.6 Å². The molecule has 2 amide bonds. The monoisotopic (exact) mass is 503 g/mol. The molecule has 0 saturated heterocycles. The van der Waals surface area contributed by atoms with Gasteiger partial charge in [0.15, 0.2) is 0 Å². The van der Waals surface area contributed by atoms with E-state index < -0.39 is 23.7 Å². The first-order valence-corrected chi connectivity index (χ1v) is 10.9. The Morgan fingerprint density at radius 3 is 2.81 bits per heavy atom. The number of hydrogen-bond acceptors (Lipinski definition) is 7. The average Bonchev–Trinajstić information content (AvgIpc) is 3.29. The third kappa shape index (κ3) is 5.37. The number of furan rings is 1. The summed E-state index contributed by atoms with van der Waals surface area (Å²) in [5.74, 6) is -3.10. The van der Waals surface area contributed by atoms with E-state index in [1.54, 1.807) is 36.4 Å². The van der Waals surface area contributed by atoms with Gasteiger partial charge in [-0.25, -0.2) is 0 Å². The quantitative estimate of drug-likeness (QED) is 0.439. The van der Waals surface area contributed by atoms with Crippen LogP contribution in [-0.4, -0.2) is 30.6 Å². The van der Waals surface area contributed by atoms with Gasteiger partial charge in [0.25, 0.3) is 0 Å². The fourth-order valence-corrected chi connectivity index (χ4v) is 4.46. The molecule has 2 N–H and O–H groups in total. The molecule has 2 atom stereocenters. The third-order valence-electron chi connectivity index (χ3n) is 4.58. The van der Waals surface area contributed by atoms with E-state index in [1.165, 1.54) is 13.4 Å². The molecular formula is C21H18BrN3O5S. The average molecular weight is 504 g/mol. The van der Waals surface area contributed by atoms with E-state index in [1.807, 2.05) is 0 Å². The van der Waals surface area contributed by atoms with Crippen LogP contribution in [0.2, 0.25) is 0 Å². The number of ether oxygens (including phenoxy) is 1. The predicted octanol–water partition coefficient (Wildman–Crippen LogP) is 2.83. The highest BCUT2D eigenvalue weighted by atomic mass is 79.9. The summed E-state index contributed by atoms with van der Waals surface area (Å²) in [6, 6.07) is 12.6. The molecule has 0 bridgehead atoms. The SMILES string of the molecule is COC(=O)[C@H]1C(=O)NC(SCC(=O)NCc2ccco2)=C(C#N)[C@@H]1c1cccc(Br)c1. The lowest BCUT2D eigenvalue weighted by molar-refractivity contribution is -0.150. The van der Waals surface area contributed by atoms with Gasteiger partial charge in [-0.15, -0.1) is 0 Å². The van der Waals surface area contributed by atoms with Gasteiger partial charge < -0.3 is 19.8 Å². The van der Waals surface area contributed by atoms with Crippen LogP contribution in [0.1, 0.15) is 17.2 Å². The minimum Gasteiger partial charge on any atom is -0.468 e. The lowest BCUT2D eigenvalue weighted by atomic mass is 9.78. The highest BCUT2D eigenvalue weighted by molar-refractivity contribution is 9.10. The molecule has 2 heterocycles. The number of carbonyl (C=O) groups is 3. The summed E-state index contributed by atoms with van der Waals surface area (Å²) >= 11 is 4.40. The number of amides is 2. The van der Waals surface area contributed by atoms with Gasteiger partial charge in [-0.05, 0) is 29.8 Å². The molecule has 0 fully saturated rings. The van der Waals surface area contributed by atoms with Crippen molar-refractivity contribution in [2.45, 2.75) is 12.5 Å². The van der Waals surface area contributed by atoms with Crippen molar-refractivity contribution in [1.82, 2.24) is 10.6 Å². The predicted molar refractivity (Wildman–Crippen MR) is 116 cm³/mol. The van der Waals surface area contributed by atoms with Crippen molar-refractivity contribution in [3.05, 3.63) is 69.1 Å². The number of nitriles is 1. The first kappa shape index (κ1) is 22.7. The summed E-state index contributed by atoms with van der Waals surface area (Å²) in [6.45, 7) is 0.230. The summed E-state index contributed by atoms with van der Waals surface area (Å²) in [6.07, 6.45) is 1.51. The first-order chi connectivity index (χ1) is 14.9. The van der Waals surface area contributed by atoms with Crippen LogP contribution in [0.15, 0.2) is 62.2 Å². The van der Waals surface area contributed by atoms with E-state index in [4.69, 9.17) is 9.15 Å². The molecule has 1 aliphatic rings. The molecule has 10 heteroatoms. The number of rotatable bonds is 7. The summed E-state index contributed by atoms with van der Waals surface area (Å²) < 4.78 is 10.7. The number of halogens is 1. The Labute approximate surface area is 191 Å². The fourth-order valence-electron chi connectivity index (χ4n) is 3.17. The largest absolute Gasteiger partial charge is 0.468 e. The number of carbonyl (C=O) groups excluding carboxylic acids is 3. The van der Waals surface area contributed by atoms with Gasteiger partial charge >= 0.3 is 5.97 Å². The van der Waals surface area contributed by atoms with Crippen LogP contribution in [0.5, 0.6) is 0 Å². The topological polar surface area (TPSA) is 121 Å². The number of esters is 1. The lowest BCUT2D eigenvalue weighted by Gasteiger charge is -2.31. The van der Waals surface area contributed by atoms with Crippen molar-refractivity contribution >= 4 is 45.5 Å². The molecule has 1 aromatic carbocycles. The van der Waals surface area contributed by atoms with Crippen LogP contribution in [0.4, 0.5) is 0 Å². The summed E-state index contributed by atoms with van der Waals surface area (Å²) in [4.78, 5) is 37.3. The highest BCUT2D eigenvalue weighted by Crippen LogP contribution is 2.40. The van der Waals surface area contributed by atoms with Gasteiger partial charge in [-0.1, -0.05) is 39.8 Å². The Morgan fingerprint density at radius 1 is 1.35 bits per heavy atom. The Bertz CT molecular complexity index is 1060. The lowest BCUT2D eigenvalue weighted by Crippen LogP contribution is -2.44. The first-order valence-electron chi connectivity index (χ1n) is 9.15. The van der Waals surface area contributed by atoms with E-state index >= 15 is 0 Å². The Hall–Kier alpha value is -3.03. The Balaban J connectivity index is 1.85. The van der Waals surface area contributed by atoms with Gasteiger partial charge in [0.2, 0.25) is 11.8 Å². The standard InChI is InChI=1S/C21H18BrN3O5S/c1-29-21(28)18-17(12-4-2-5-13(22)8-12)15(9-23)20(25-19(18)27)31-11-16(26)24-10-14-6-3-7-30-14/h2-8,17-18H,10-11H2,1H3,(H,24,26)(H,25,27)/t17-,18+/m0/s1. The van der Waals surface area contributed by atoms with Crippen molar-refractivity contribution in [1.29, 1.82) is 5.26 Å². The van der Waals surface area contributed by atoms with Crippen molar-refractivity contribution in [2.75, 3.05) is 12.9 Å². The molecular weight excluding hydrogens is 486 g/mol. The van der Waals surface area contributed by atoms with Gasteiger partial charge in [-0.3, -0.25) is 14.4 Å². The van der Waals surface area contributed by atoms with Gasteiger partial charge in [0, 0.05) is 10.4 Å². The van der Waals surface area contributed by atoms with E-state index in [0.717, 1.165) is 16.2 Å². The van der Waals surface area contributed by atoms with E-state index in [2.05, 4.69) is 32.6 Å². The molecule has 1 aliphatic heterocycles. The molecule has 3 rings (SSSR count). The van der Waals surface area contributed by atoms with Crippen molar-refractivity contribution in [3.63, 3.8) is 0 Å². The molecule has 31 heavy (non-hydrogen) atoms. The zero-order valence-corrected chi connectivity index (χ0v) is 18.8. The van der Waals surface area contributed by atoms with Crippen LogP contribution in [-0.2, 0) is 25.7 Å². The molecule has 0 saturated carbocycles. The van der Waals surface area contributed by atoms with Crippen molar-refractivity contribution in [3.8, 4) is 6.07 Å². The van der Waals surface area contributed by atoms with E-state index in [9.17, 15) is 19.6 Å². The molecule has 0 radical (unpaired) electrons. The molecule has 160 valence electrons. The van der Waals surface area contributed by atoms with Crippen LogP contribution in [0, 0.1) is 17.2 Å². The molecule has 2 aromatic rings. The smallest absolute Gasteiger partial charge is 0.319 e. The van der Waals surface area contributed by atoms with E-state index in [-0.39, 0.29) is 28.8 Å². The number of hydrogen-bond donors (Lipinski definition) is 2. The summed E-state index contributed by atoms with van der Waals surface area (Å²) in [7, 11) is 1.19. The molecule has 1 aromatic heterocycles. The highest BCUT2D eigenvalue weighted by Gasteiger charge is 2.44. The normalized spacial score (nSPS) is 18.2. The Morgan fingerprint density at radius 2 is 2.16 bits per heavy atom. The number of allylic oxidation sites excluding steroid dienone is 1. The van der Waals surface area contributed by atoms with Gasteiger partial charge in [0.05, 0.1) is 42.3 Å². The molecule has 0 aliphatic carbocycles. The van der Waals surface area contributed by atoms with Gasteiger partial charge in [0.1, 0.15) is 11.7 Å². The summed E-state index contributed by atoms with van der Waals surface area (Å²) in [5.41, 5.74) is 0.800.